The van der Waals surface area contributed by atoms with Crippen LogP contribution >= 0.6 is 0 Å². The van der Waals surface area contributed by atoms with E-state index in [1.807, 2.05) is 43.3 Å². The number of carbonyl (C=O) groups is 2. The second kappa shape index (κ2) is 20.3. The smallest absolute Gasteiger partial charge is 0.343 e. The van der Waals surface area contributed by atoms with E-state index < -0.39 is 11.9 Å². The van der Waals surface area contributed by atoms with E-state index in [4.69, 9.17) is 18.9 Å². The number of esters is 2. The Kier molecular flexibility index (Phi) is 16.1. The van der Waals surface area contributed by atoms with E-state index in [-0.39, 0.29) is 6.10 Å². The minimum atomic E-state index is -0.468. The minimum Gasteiger partial charge on any atom is -0.494 e. The lowest BCUT2D eigenvalue weighted by Gasteiger charge is -2.13. The molecule has 3 rings (SSSR count). The summed E-state index contributed by atoms with van der Waals surface area (Å²) < 4.78 is 22.3. The number of rotatable bonds is 21. The maximum Gasteiger partial charge on any atom is 0.343 e. The van der Waals surface area contributed by atoms with Crippen molar-refractivity contribution in [3.8, 4) is 22.6 Å². The number of unbranched alkanes of at least 4 members (excludes halogenated alkanes) is 9. The molecule has 0 amide bonds. The predicted octanol–water partition coefficient (Wildman–Crippen LogP) is 9.84. The lowest BCUT2D eigenvalue weighted by Crippen LogP contribution is -2.20. The molecule has 0 N–H and O–H groups in total. The molecule has 0 aliphatic heterocycles. The van der Waals surface area contributed by atoms with E-state index in [1.165, 1.54) is 57.8 Å². The maximum absolute atomic E-state index is 12.7. The minimum absolute atomic E-state index is 0.347. The predicted molar refractivity (Wildman–Crippen MR) is 177 cm³/mol. The van der Waals surface area contributed by atoms with Gasteiger partial charge in [0.2, 0.25) is 0 Å². The summed E-state index contributed by atoms with van der Waals surface area (Å²) in [6, 6.07) is 21.7. The van der Waals surface area contributed by atoms with Crippen LogP contribution < -0.4 is 9.47 Å². The summed E-state index contributed by atoms with van der Waals surface area (Å²) in [5, 5.41) is 0. The van der Waals surface area contributed by atoms with Crippen LogP contribution in [0.1, 0.15) is 112 Å². The second-order valence-corrected chi connectivity index (χ2v) is 11.3. The van der Waals surface area contributed by atoms with Gasteiger partial charge < -0.3 is 18.9 Å². The summed E-state index contributed by atoms with van der Waals surface area (Å²) in [5.74, 6) is 0.312. The summed E-state index contributed by atoms with van der Waals surface area (Å²) >= 11 is 0. The highest BCUT2D eigenvalue weighted by atomic mass is 16.6. The van der Waals surface area contributed by atoms with Crippen LogP contribution in [0.2, 0.25) is 0 Å². The summed E-state index contributed by atoms with van der Waals surface area (Å²) in [6.45, 7) is 7.80. The molecule has 3 aromatic rings. The highest BCUT2D eigenvalue weighted by molar-refractivity contribution is 5.92. The molecule has 6 nitrogen and oxygen atoms in total. The van der Waals surface area contributed by atoms with Gasteiger partial charge in [0.1, 0.15) is 17.6 Å². The third-order valence-electron chi connectivity index (χ3n) is 7.38. The normalized spacial score (nSPS) is 11.6. The van der Waals surface area contributed by atoms with E-state index in [0.717, 1.165) is 36.3 Å². The topological polar surface area (TPSA) is 71.1 Å². The molecule has 0 aliphatic rings. The van der Waals surface area contributed by atoms with Gasteiger partial charge in [0.25, 0.3) is 0 Å². The summed E-state index contributed by atoms with van der Waals surface area (Å²) in [5.41, 5.74) is 2.87. The van der Waals surface area contributed by atoms with Crippen molar-refractivity contribution in [2.75, 3.05) is 19.8 Å². The van der Waals surface area contributed by atoms with Crippen molar-refractivity contribution >= 4 is 11.9 Å². The lowest BCUT2D eigenvalue weighted by molar-refractivity contribution is 0.00226. The fourth-order valence-corrected chi connectivity index (χ4v) is 4.83. The van der Waals surface area contributed by atoms with Crippen LogP contribution in [0.25, 0.3) is 11.1 Å². The molecule has 6 heteroatoms. The fourth-order valence-electron chi connectivity index (χ4n) is 4.83. The number of benzene rings is 3. The number of hydrogen-bond acceptors (Lipinski definition) is 6. The summed E-state index contributed by atoms with van der Waals surface area (Å²) in [6.07, 6.45) is 13.7. The van der Waals surface area contributed by atoms with Crippen LogP contribution in [0.3, 0.4) is 0 Å². The van der Waals surface area contributed by atoms with Crippen LogP contribution in [0.15, 0.2) is 72.8 Å². The standard InChI is InChI=1S/C38H50O6/c1-4-6-7-8-9-10-11-12-13-14-28-42-35-23-19-32(20-24-35)31-15-17-33(18-16-31)38(40)44-36-25-21-34(22-26-36)37(39)43-30(3)29-41-27-5-2/h15-26,30H,4-14,27-29H2,1-3H3/t30-/m1/s1. The molecule has 3 aromatic carbocycles. The van der Waals surface area contributed by atoms with Crippen molar-refractivity contribution in [3.63, 3.8) is 0 Å². The second-order valence-electron chi connectivity index (χ2n) is 11.3. The molecular formula is C38H50O6. The average Bonchev–Trinajstić information content (AvgIpc) is 3.04. The first-order valence-corrected chi connectivity index (χ1v) is 16.4. The average molecular weight is 603 g/mol. The van der Waals surface area contributed by atoms with Gasteiger partial charge in [-0.3, -0.25) is 0 Å². The molecule has 0 saturated heterocycles. The number of ether oxygens (including phenoxy) is 4. The van der Waals surface area contributed by atoms with Crippen molar-refractivity contribution in [2.24, 2.45) is 0 Å². The highest BCUT2D eigenvalue weighted by Crippen LogP contribution is 2.24. The zero-order valence-electron chi connectivity index (χ0n) is 26.9. The molecule has 0 unspecified atom stereocenters. The SMILES string of the molecule is CCCCCCCCCCCCOc1ccc(-c2ccc(C(=O)Oc3ccc(C(=O)O[C@H](C)COCCC)cc3)cc2)cc1. The van der Waals surface area contributed by atoms with Gasteiger partial charge in [-0.25, -0.2) is 9.59 Å². The molecule has 0 fully saturated rings. The zero-order valence-corrected chi connectivity index (χ0v) is 26.9. The monoisotopic (exact) mass is 602 g/mol. The van der Waals surface area contributed by atoms with E-state index in [2.05, 4.69) is 6.92 Å². The van der Waals surface area contributed by atoms with Gasteiger partial charge >= 0.3 is 11.9 Å². The van der Waals surface area contributed by atoms with E-state index >= 15 is 0 Å². The Morgan fingerprint density at radius 2 is 1.07 bits per heavy atom. The zero-order chi connectivity index (χ0) is 31.4. The van der Waals surface area contributed by atoms with E-state index in [0.29, 0.717) is 30.1 Å². The first-order chi connectivity index (χ1) is 21.5. The Bertz CT molecular complexity index is 1220. The Morgan fingerprint density at radius 3 is 1.66 bits per heavy atom. The molecule has 0 spiro atoms. The van der Waals surface area contributed by atoms with Gasteiger partial charge in [0.15, 0.2) is 0 Å². The third kappa shape index (κ3) is 12.9. The van der Waals surface area contributed by atoms with Crippen LogP contribution in [-0.4, -0.2) is 37.9 Å². The van der Waals surface area contributed by atoms with Crippen molar-refractivity contribution in [1.29, 1.82) is 0 Å². The van der Waals surface area contributed by atoms with Crippen molar-refractivity contribution in [1.82, 2.24) is 0 Å². The molecule has 44 heavy (non-hydrogen) atoms. The Hall–Kier alpha value is -3.64. The molecule has 0 radical (unpaired) electrons. The first-order valence-electron chi connectivity index (χ1n) is 16.4. The molecule has 0 bridgehead atoms. The fraction of sp³-hybridized carbons (Fsp3) is 0.474. The Balaban J connectivity index is 1.37. The van der Waals surface area contributed by atoms with Crippen LogP contribution in [-0.2, 0) is 9.47 Å². The molecular weight excluding hydrogens is 552 g/mol. The number of carbonyl (C=O) groups excluding carboxylic acids is 2. The van der Waals surface area contributed by atoms with Gasteiger partial charge in [-0.05, 0) is 79.4 Å². The molecule has 238 valence electrons. The van der Waals surface area contributed by atoms with Crippen molar-refractivity contribution < 1.29 is 28.5 Å². The van der Waals surface area contributed by atoms with Crippen LogP contribution in [0.4, 0.5) is 0 Å². The van der Waals surface area contributed by atoms with Crippen LogP contribution in [0, 0.1) is 0 Å². The third-order valence-corrected chi connectivity index (χ3v) is 7.38. The first kappa shape index (κ1) is 34.8. The Morgan fingerprint density at radius 1 is 0.568 bits per heavy atom. The Labute approximate surface area is 264 Å². The maximum atomic E-state index is 12.7. The molecule has 0 aliphatic carbocycles. The van der Waals surface area contributed by atoms with Gasteiger partial charge in [-0.15, -0.1) is 0 Å². The summed E-state index contributed by atoms with van der Waals surface area (Å²) in [4.78, 5) is 25.0. The van der Waals surface area contributed by atoms with Gasteiger partial charge in [0, 0.05) is 6.61 Å². The van der Waals surface area contributed by atoms with Crippen molar-refractivity contribution in [3.05, 3.63) is 83.9 Å². The lowest BCUT2D eigenvalue weighted by atomic mass is 10.0. The summed E-state index contributed by atoms with van der Waals surface area (Å²) in [7, 11) is 0. The molecule has 1 atom stereocenters. The molecule has 0 saturated carbocycles. The van der Waals surface area contributed by atoms with Gasteiger partial charge in [0.05, 0.1) is 24.3 Å². The van der Waals surface area contributed by atoms with Crippen molar-refractivity contribution in [2.45, 2.75) is 97.5 Å². The van der Waals surface area contributed by atoms with Gasteiger partial charge in [-0.1, -0.05) is 95.9 Å². The van der Waals surface area contributed by atoms with E-state index in [1.54, 1.807) is 43.3 Å². The van der Waals surface area contributed by atoms with E-state index in [9.17, 15) is 9.59 Å². The number of hydrogen-bond donors (Lipinski definition) is 0. The largest absolute Gasteiger partial charge is 0.494 e. The van der Waals surface area contributed by atoms with Gasteiger partial charge in [-0.2, -0.15) is 0 Å². The quantitative estimate of drug-likeness (QED) is 0.0686. The molecule has 0 aromatic heterocycles. The molecule has 0 heterocycles. The van der Waals surface area contributed by atoms with Crippen LogP contribution in [0.5, 0.6) is 11.5 Å². The highest BCUT2D eigenvalue weighted by Gasteiger charge is 2.14.